The largest absolute Gasteiger partial charge is 0.364 e. The molecule has 1 aromatic carbocycles. The lowest BCUT2D eigenvalue weighted by molar-refractivity contribution is 0.327. The van der Waals surface area contributed by atoms with E-state index in [9.17, 15) is 0 Å². The van der Waals surface area contributed by atoms with Crippen LogP contribution < -0.4 is 10.2 Å². The van der Waals surface area contributed by atoms with Gasteiger partial charge in [0, 0.05) is 29.6 Å². The number of nitrogens with one attached hydrogen (secondary N) is 1. The third-order valence-electron chi connectivity index (χ3n) is 4.06. The lowest BCUT2D eigenvalue weighted by atomic mass is 9.96. The standard InChI is InChI=1S/C16H24BrClN2/c1-4-5-13-10-20(16(9-19-13)11(2)3)15-8-12(17)6-7-14(15)18/h6-8,11,13,16,19H,4-5,9-10H2,1-3H3. The van der Waals surface area contributed by atoms with Crippen molar-refractivity contribution in [2.24, 2.45) is 5.92 Å². The van der Waals surface area contributed by atoms with Crippen molar-refractivity contribution in [1.29, 1.82) is 0 Å². The van der Waals surface area contributed by atoms with Crippen LogP contribution in [0.25, 0.3) is 0 Å². The van der Waals surface area contributed by atoms with Gasteiger partial charge in [0.1, 0.15) is 0 Å². The van der Waals surface area contributed by atoms with Gasteiger partial charge < -0.3 is 10.2 Å². The van der Waals surface area contributed by atoms with Crippen LogP contribution in [0.1, 0.15) is 33.6 Å². The highest BCUT2D eigenvalue weighted by molar-refractivity contribution is 9.10. The Hall–Kier alpha value is -0.250. The fourth-order valence-corrected chi connectivity index (χ4v) is 3.53. The van der Waals surface area contributed by atoms with E-state index in [1.54, 1.807) is 0 Å². The summed E-state index contributed by atoms with van der Waals surface area (Å²) < 4.78 is 1.09. The second-order valence-corrected chi connectivity index (χ2v) is 7.28. The first-order valence-electron chi connectivity index (χ1n) is 7.48. The normalized spacial score (nSPS) is 23.4. The van der Waals surface area contributed by atoms with E-state index < -0.39 is 0 Å². The molecule has 4 heteroatoms. The summed E-state index contributed by atoms with van der Waals surface area (Å²) in [4.78, 5) is 2.49. The Labute approximate surface area is 136 Å². The van der Waals surface area contributed by atoms with E-state index >= 15 is 0 Å². The summed E-state index contributed by atoms with van der Waals surface area (Å²) >= 11 is 10.0. The Balaban J connectivity index is 2.28. The van der Waals surface area contributed by atoms with Crippen LogP contribution in [0.3, 0.4) is 0 Å². The van der Waals surface area contributed by atoms with Crippen LogP contribution in [0, 0.1) is 5.92 Å². The summed E-state index contributed by atoms with van der Waals surface area (Å²) in [5.41, 5.74) is 1.15. The number of halogens is 2. The van der Waals surface area contributed by atoms with Crippen molar-refractivity contribution in [3.8, 4) is 0 Å². The molecule has 112 valence electrons. The summed E-state index contributed by atoms with van der Waals surface area (Å²) in [6.45, 7) is 8.88. The quantitative estimate of drug-likeness (QED) is 0.838. The molecule has 1 heterocycles. The molecule has 2 rings (SSSR count). The molecule has 0 aromatic heterocycles. The van der Waals surface area contributed by atoms with Gasteiger partial charge in [0.25, 0.3) is 0 Å². The molecule has 1 aliphatic heterocycles. The number of hydrogen-bond donors (Lipinski definition) is 1. The van der Waals surface area contributed by atoms with E-state index in [1.807, 2.05) is 12.1 Å². The first-order valence-corrected chi connectivity index (χ1v) is 8.65. The Bertz CT molecular complexity index is 450. The van der Waals surface area contributed by atoms with Crippen molar-refractivity contribution in [2.75, 3.05) is 18.0 Å². The zero-order valence-corrected chi connectivity index (χ0v) is 14.8. The van der Waals surface area contributed by atoms with Gasteiger partial charge >= 0.3 is 0 Å². The molecule has 0 radical (unpaired) electrons. The molecule has 20 heavy (non-hydrogen) atoms. The molecular formula is C16H24BrClN2. The molecule has 0 amide bonds. The molecule has 0 bridgehead atoms. The number of nitrogens with zero attached hydrogens (tertiary/aromatic N) is 1. The van der Waals surface area contributed by atoms with E-state index in [1.165, 1.54) is 12.8 Å². The Morgan fingerprint density at radius 1 is 1.45 bits per heavy atom. The number of hydrogen-bond acceptors (Lipinski definition) is 2. The molecule has 0 aliphatic carbocycles. The number of piperazine rings is 1. The molecule has 2 atom stereocenters. The Kier molecular flexibility index (Phi) is 5.76. The fourth-order valence-electron chi connectivity index (χ4n) is 2.96. The van der Waals surface area contributed by atoms with Gasteiger partial charge in [0.2, 0.25) is 0 Å². The maximum absolute atomic E-state index is 6.44. The average Bonchev–Trinajstić information content (AvgIpc) is 2.41. The first-order chi connectivity index (χ1) is 9.52. The van der Waals surface area contributed by atoms with E-state index in [2.05, 4.69) is 53.0 Å². The van der Waals surface area contributed by atoms with Crippen LogP contribution in [0.15, 0.2) is 22.7 Å². The van der Waals surface area contributed by atoms with Crippen molar-refractivity contribution >= 4 is 33.2 Å². The lowest BCUT2D eigenvalue weighted by Gasteiger charge is -2.44. The minimum Gasteiger partial charge on any atom is -0.364 e. The summed E-state index contributed by atoms with van der Waals surface area (Å²) in [5.74, 6) is 0.597. The van der Waals surface area contributed by atoms with Crippen molar-refractivity contribution in [2.45, 2.75) is 45.7 Å². The van der Waals surface area contributed by atoms with Gasteiger partial charge in [-0.15, -0.1) is 0 Å². The van der Waals surface area contributed by atoms with Crippen LogP contribution in [-0.4, -0.2) is 25.2 Å². The smallest absolute Gasteiger partial charge is 0.0640 e. The van der Waals surface area contributed by atoms with Gasteiger partial charge in [-0.2, -0.15) is 0 Å². The van der Waals surface area contributed by atoms with E-state index in [0.29, 0.717) is 18.0 Å². The third-order valence-corrected chi connectivity index (χ3v) is 4.87. The number of anilines is 1. The van der Waals surface area contributed by atoms with Gasteiger partial charge in [0.15, 0.2) is 0 Å². The van der Waals surface area contributed by atoms with Gasteiger partial charge in [-0.25, -0.2) is 0 Å². The number of benzene rings is 1. The lowest BCUT2D eigenvalue weighted by Crippen LogP contribution is -2.58. The summed E-state index contributed by atoms with van der Waals surface area (Å²) in [6.07, 6.45) is 2.43. The highest BCUT2D eigenvalue weighted by Crippen LogP contribution is 2.33. The Morgan fingerprint density at radius 3 is 2.85 bits per heavy atom. The minimum absolute atomic E-state index is 0.495. The van der Waals surface area contributed by atoms with Gasteiger partial charge in [0.05, 0.1) is 10.7 Å². The van der Waals surface area contributed by atoms with Gasteiger partial charge in [-0.3, -0.25) is 0 Å². The predicted molar refractivity (Wildman–Crippen MR) is 91.8 cm³/mol. The molecule has 0 saturated carbocycles. The summed E-state index contributed by atoms with van der Waals surface area (Å²) in [7, 11) is 0. The summed E-state index contributed by atoms with van der Waals surface area (Å²) in [5, 5.41) is 4.53. The maximum Gasteiger partial charge on any atom is 0.0640 e. The van der Waals surface area contributed by atoms with Crippen LogP contribution in [0.2, 0.25) is 5.02 Å². The van der Waals surface area contributed by atoms with E-state index in [4.69, 9.17) is 11.6 Å². The second kappa shape index (κ2) is 7.15. The molecule has 1 aliphatic rings. The predicted octanol–water partition coefficient (Wildman–Crippen LogP) is 4.71. The van der Waals surface area contributed by atoms with Crippen LogP contribution >= 0.6 is 27.5 Å². The highest BCUT2D eigenvalue weighted by atomic mass is 79.9. The molecular weight excluding hydrogens is 336 g/mol. The molecule has 2 unspecified atom stereocenters. The van der Waals surface area contributed by atoms with Crippen LogP contribution in [0.4, 0.5) is 5.69 Å². The van der Waals surface area contributed by atoms with Gasteiger partial charge in [-0.1, -0.05) is 54.7 Å². The molecule has 1 aromatic rings. The molecule has 0 spiro atoms. The number of rotatable bonds is 4. The monoisotopic (exact) mass is 358 g/mol. The third kappa shape index (κ3) is 3.69. The highest BCUT2D eigenvalue weighted by Gasteiger charge is 2.30. The maximum atomic E-state index is 6.44. The van der Waals surface area contributed by atoms with Crippen LogP contribution in [0.5, 0.6) is 0 Å². The average molecular weight is 360 g/mol. The first kappa shape index (κ1) is 16.1. The van der Waals surface area contributed by atoms with Crippen molar-refractivity contribution in [3.63, 3.8) is 0 Å². The second-order valence-electron chi connectivity index (χ2n) is 5.95. The molecule has 1 N–H and O–H groups in total. The Morgan fingerprint density at radius 2 is 2.20 bits per heavy atom. The zero-order chi connectivity index (χ0) is 14.7. The van der Waals surface area contributed by atoms with E-state index in [0.717, 1.165) is 28.3 Å². The fraction of sp³-hybridized carbons (Fsp3) is 0.625. The van der Waals surface area contributed by atoms with Crippen molar-refractivity contribution < 1.29 is 0 Å². The van der Waals surface area contributed by atoms with Gasteiger partial charge in [-0.05, 0) is 30.5 Å². The van der Waals surface area contributed by atoms with Crippen molar-refractivity contribution in [1.82, 2.24) is 5.32 Å². The minimum atomic E-state index is 0.495. The topological polar surface area (TPSA) is 15.3 Å². The molecule has 1 saturated heterocycles. The molecule has 2 nitrogen and oxygen atoms in total. The zero-order valence-electron chi connectivity index (χ0n) is 12.5. The summed E-state index contributed by atoms with van der Waals surface area (Å²) in [6, 6.07) is 7.18. The SMILES string of the molecule is CCCC1CN(c2cc(Br)ccc2Cl)C(C(C)C)CN1. The molecule has 1 fully saturated rings. The van der Waals surface area contributed by atoms with Crippen LogP contribution in [-0.2, 0) is 0 Å². The van der Waals surface area contributed by atoms with E-state index in [-0.39, 0.29) is 0 Å². The van der Waals surface area contributed by atoms with Crippen molar-refractivity contribution in [3.05, 3.63) is 27.7 Å².